The number of amides is 1. The topological polar surface area (TPSA) is 58.1 Å². The number of anilines is 1. The molecule has 1 atom stereocenters. The number of nitrogens with one attached hydrogen (secondary N) is 1. The molecule has 0 radical (unpaired) electrons. The van der Waals surface area contributed by atoms with Gasteiger partial charge in [-0.1, -0.05) is 30.3 Å². The van der Waals surface area contributed by atoms with Gasteiger partial charge in [0.2, 0.25) is 5.91 Å². The van der Waals surface area contributed by atoms with Crippen molar-refractivity contribution in [3.8, 4) is 0 Å². The van der Waals surface area contributed by atoms with Crippen LogP contribution in [0.5, 0.6) is 0 Å². The second-order valence-corrected chi connectivity index (χ2v) is 6.90. The fourth-order valence-electron chi connectivity index (χ4n) is 3.78. The van der Waals surface area contributed by atoms with E-state index in [0.29, 0.717) is 13.0 Å². The van der Waals surface area contributed by atoms with Gasteiger partial charge in [0, 0.05) is 24.2 Å². The molecule has 1 fully saturated rings. The van der Waals surface area contributed by atoms with Gasteiger partial charge in [0.15, 0.2) is 0 Å². The lowest BCUT2D eigenvalue weighted by Crippen LogP contribution is -2.38. The highest BCUT2D eigenvalue weighted by Crippen LogP contribution is 2.30. The summed E-state index contributed by atoms with van der Waals surface area (Å²) in [6, 6.07) is 10.5. The Balaban J connectivity index is 1.63. The number of fused-ring (bicyclic) bond motifs is 1. The molecule has 1 saturated heterocycles. The van der Waals surface area contributed by atoms with E-state index in [1.54, 1.807) is 0 Å². The minimum atomic E-state index is 0.173. The Kier molecular flexibility index (Phi) is 4.49. The first-order valence-corrected chi connectivity index (χ1v) is 9.17. The molecule has 0 saturated carbocycles. The maximum atomic E-state index is 12.6. The zero-order valence-corrected chi connectivity index (χ0v) is 14.7. The molecule has 4 rings (SSSR count). The zero-order chi connectivity index (χ0) is 17.2. The van der Waals surface area contributed by atoms with E-state index in [2.05, 4.69) is 17.4 Å². The van der Waals surface area contributed by atoms with Crippen molar-refractivity contribution in [2.45, 2.75) is 45.1 Å². The van der Waals surface area contributed by atoms with Crippen LogP contribution >= 0.6 is 0 Å². The molecule has 1 aromatic heterocycles. The van der Waals surface area contributed by atoms with Crippen LogP contribution in [0.3, 0.4) is 0 Å². The Hall–Kier alpha value is -2.27. The number of benzene rings is 1. The van der Waals surface area contributed by atoms with Crippen LogP contribution in [0.25, 0.3) is 0 Å². The largest absolute Gasteiger partial charge is 0.307 e. The summed E-state index contributed by atoms with van der Waals surface area (Å²) >= 11 is 0. The number of aromatic nitrogens is 2. The van der Waals surface area contributed by atoms with Gasteiger partial charge < -0.3 is 5.32 Å². The van der Waals surface area contributed by atoms with Gasteiger partial charge in [-0.25, -0.2) is 9.97 Å². The van der Waals surface area contributed by atoms with E-state index in [9.17, 15) is 4.79 Å². The van der Waals surface area contributed by atoms with Crippen molar-refractivity contribution >= 4 is 11.7 Å². The summed E-state index contributed by atoms with van der Waals surface area (Å²) in [6.45, 7) is 3.73. The van der Waals surface area contributed by atoms with Gasteiger partial charge in [-0.05, 0) is 44.7 Å². The van der Waals surface area contributed by atoms with Crippen LogP contribution in [0.4, 0.5) is 5.82 Å². The van der Waals surface area contributed by atoms with Crippen molar-refractivity contribution < 1.29 is 4.79 Å². The Morgan fingerprint density at radius 3 is 2.80 bits per heavy atom. The van der Waals surface area contributed by atoms with Gasteiger partial charge >= 0.3 is 0 Å². The third-order valence-corrected chi connectivity index (χ3v) is 5.19. The molecule has 5 nitrogen and oxygen atoms in total. The molecule has 1 N–H and O–H groups in total. The van der Waals surface area contributed by atoms with Crippen molar-refractivity contribution in [3.63, 3.8) is 0 Å². The molecular formula is C20H24N4O. The lowest BCUT2D eigenvalue weighted by atomic mass is 10.0. The molecule has 0 unspecified atom stereocenters. The fraction of sp³-hybridized carbons (Fsp3) is 0.450. The minimum absolute atomic E-state index is 0.173. The SMILES string of the molecule is Cc1nc([C@H]2CCCN2)nc2c1CCC(=O)N2CCc1ccccc1. The standard InChI is InChI=1S/C20H24N4O/c1-14-16-9-10-18(25)24(13-11-15-6-3-2-4-7-15)20(16)23-19(22-14)17-8-5-12-21-17/h2-4,6-7,17,21H,5,8-13H2,1H3/t17-/m1/s1. The minimum Gasteiger partial charge on any atom is -0.307 e. The molecule has 0 bridgehead atoms. The van der Waals surface area contributed by atoms with Crippen LogP contribution < -0.4 is 10.2 Å². The van der Waals surface area contributed by atoms with Crippen molar-refractivity contribution in [3.05, 3.63) is 53.0 Å². The number of hydrogen-bond acceptors (Lipinski definition) is 4. The highest BCUT2D eigenvalue weighted by atomic mass is 16.2. The summed E-state index contributed by atoms with van der Waals surface area (Å²) in [5.74, 6) is 1.85. The van der Waals surface area contributed by atoms with E-state index < -0.39 is 0 Å². The molecule has 1 aromatic carbocycles. The van der Waals surface area contributed by atoms with E-state index in [1.807, 2.05) is 30.0 Å². The van der Waals surface area contributed by atoms with E-state index in [-0.39, 0.29) is 11.9 Å². The number of rotatable bonds is 4. The predicted octanol–water partition coefficient (Wildman–Crippen LogP) is 2.73. The van der Waals surface area contributed by atoms with E-state index >= 15 is 0 Å². The summed E-state index contributed by atoms with van der Waals surface area (Å²) < 4.78 is 0. The first kappa shape index (κ1) is 16.2. The van der Waals surface area contributed by atoms with E-state index in [1.165, 1.54) is 5.56 Å². The van der Waals surface area contributed by atoms with Crippen molar-refractivity contribution in [1.29, 1.82) is 0 Å². The highest BCUT2D eigenvalue weighted by Gasteiger charge is 2.29. The second-order valence-electron chi connectivity index (χ2n) is 6.90. The third kappa shape index (κ3) is 3.29. The number of aryl methyl sites for hydroxylation is 1. The molecule has 2 aliphatic rings. The van der Waals surface area contributed by atoms with Crippen LogP contribution in [0.2, 0.25) is 0 Å². The zero-order valence-electron chi connectivity index (χ0n) is 14.7. The molecule has 5 heteroatoms. The maximum absolute atomic E-state index is 12.6. The summed E-state index contributed by atoms with van der Waals surface area (Å²) in [7, 11) is 0. The number of carbonyl (C=O) groups is 1. The first-order valence-electron chi connectivity index (χ1n) is 9.17. The van der Waals surface area contributed by atoms with Gasteiger partial charge in [0.05, 0.1) is 6.04 Å². The molecule has 25 heavy (non-hydrogen) atoms. The molecule has 2 aliphatic heterocycles. The normalized spacial score (nSPS) is 20.0. The monoisotopic (exact) mass is 336 g/mol. The quantitative estimate of drug-likeness (QED) is 0.933. The van der Waals surface area contributed by atoms with Crippen LogP contribution in [-0.2, 0) is 17.6 Å². The summed E-state index contributed by atoms with van der Waals surface area (Å²) in [5, 5.41) is 3.46. The number of nitrogens with zero attached hydrogens (tertiary/aromatic N) is 3. The average molecular weight is 336 g/mol. The summed E-state index contributed by atoms with van der Waals surface area (Å²) in [4.78, 5) is 24.0. The van der Waals surface area contributed by atoms with Crippen molar-refractivity contribution in [2.75, 3.05) is 18.0 Å². The van der Waals surface area contributed by atoms with Gasteiger partial charge in [-0.15, -0.1) is 0 Å². The average Bonchev–Trinajstić information content (AvgIpc) is 3.16. The Morgan fingerprint density at radius 2 is 2.04 bits per heavy atom. The van der Waals surface area contributed by atoms with Crippen molar-refractivity contribution in [1.82, 2.24) is 15.3 Å². The molecule has 0 aliphatic carbocycles. The van der Waals surface area contributed by atoms with Gasteiger partial charge in [0.25, 0.3) is 0 Å². The van der Waals surface area contributed by atoms with Crippen LogP contribution in [0.15, 0.2) is 30.3 Å². The molecular weight excluding hydrogens is 312 g/mol. The summed E-state index contributed by atoms with van der Waals surface area (Å²) in [6.07, 6.45) is 4.36. The summed E-state index contributed by atoms with van der Waals surface area (Å²) in [5.41, 5.74) is 3.39. The third-order valence-electron chi connectivity index (χ3n) is 5.19. The van der Waals surface area contributed by atoms with Crippen LogP contribution in [-0.4, -0.2) is 29.0 Å². The lowest BCUT2D eigenvalue weighted by Gasteiger charge is -2.30. The highest BCUT2D eigenvalue weighted by molar-refractivity contribution is 5.95. The molecule has 130 valence electrons. The molecule has 1 amide bonds. The van der Waals surface area contributed by atoms with E-state index in [0.717, 1.165) is 55.1 Å². The predicted molar refractivity (Wildman–Crippen MR) is 97.6 cm³/mol. The second kappa shape index (κ2) is 6.92. The Morgan fingerprint density at radius 1 is 1.20 bits per heavy atom. The van der Waals surface area contributed by atoms with Gasteiger partial charge in [-0.3, -0.25) is 9.69 Å². The number of hydrogen-bond donors (Lipinski definition) is 1. The maximum Gasteiger partial charge on any atom is 0.228 e. The Bertz CT molecular complexity index is 769. The smallest absolute Gasteiger partial charge is 0.228 e. The fourth-order valence-corrected chi connectivity index (χ4v) is 3.78. The lowest BCUT2D eigenvalue weighted by molar-refractivity contribution is -0.118. The van der Waals surface area contributed by atoms with E-state index in [4.69, 9.17) is 9.97 Å². The molecule has 3 heterocycles. The first-order chi connectivity index (χ1) is 12.2. The van der Waals surface area contributed by atoms with Crippen LogP contribution in [0, 0.1) is 6.92 Å². The number of carbonyl (C=O) groups excluding carboxylic acids is 1. The van der Waals surface area contributed by atoms with Crippen molar-refractivity contribution in [2.24, 2.45) is 0 Å². The van der Waals surface area contributed by atoms with Crippen LogP contribution in [0.1, 0.15) is 47.9 Å². The molecule has 0 spiro atoms. The molecule has 2 aromatic rings. The van der Waals surface area contributed by atoms with Gasteiger partial charge in [0.1, 0.15) is 11.6 Å². The Labute approximate surface area is 148 Å². The van der Waals surface area contributed by atoms with Gasteiger partial charge in [-0.2, -0.15) is 0 Å².